The van der Waals surface area contributed by atoms with Gasteiger partial charge in [0, 0.05) is 0 Å². The van der Waals surface area contributed by atoms with Crippen molar-refractivity contribution in [2.24, 2.45) is 0 Å². The molecule has 0 fully saturated rings. The Morgan fingerprint density at radius 2 is 1.53 bits per heavy atom. The number of anilines is 2. The second-order valence-corrected chi connectivity index (χ2v) is 10.2. The zero-order valence-corrected chi connectivity index (χ0v) is 19.9. The Hall–Kier alpha value is -3.08. The number of hydrogen-bond donors (Lipinski definition) is 0. The Bertz CT molecular complexity index is 1390. The molecule has 0 spiro atoms. The van der Waals surface area contributed by atoms with Crippen LogP contribution in [0.15, 0.2) is 95.4 Å². The maximum atomic E-state index is 13.2. The molecule has 0 radical (unpaired) electrons. The molecule has 32 heavy (non-hydrogen) atoms. The van der Waals surface area contributed by atoms with E-state index < -0.39 is 9.84 Å². The summed E-state index contributed by atoms with van der Waals surface area (Å²) in [4.78, 5) is 2.16. The summed E-state index contributed by atoms with van der Waals surface area (Å²) in [5.41, 5.74) is 7.38. The Balaban J connectivity index is 1.96. The van der Waals surface area contributed by atoms with Gasteiger partial charge in [-0.3, -0.25) is 0 Å². The molecule has 3 aromatic rings. The summed E-state index contributed by atoms with van der Waals surface area (Å²) >= 11 is 6.83. The summed E-state index contributed by atoms with van der Waals surface area (Å²) in [6.45, 7) is 13.9. The summed E-state index contributed by atoms with van der Waals surface area (Å²) in [5, 5.41) is 0.513. The number of nitrogens with zero attached hydrogens (tertiary/aromatic N) is 1. The van der Waals surface area contributed by atoms with E-state index in [-0.39, 0.29) is 9.80 Å². The lowest BCUT2D eigenvalue weighted by Gasteiger charge is -2.34. The van der Waals surface area contributed by atoms with Crippen molar-refractivity contribution in [1.82, 2.24) is 0 Å². The molecule has 0 saturated carbocycles. The predicted molar refractivity (Wildman–Crippen MR) is 134 cm³/mol. The quantitative estimate of drug-likeness (QED) is 0.405. The molecule has 5 heteroatoms. The molecule has 0 N–H and O–H groups in total. The minimum absolute atomic E-state index is 0.108. The van der Waals surface area contributed by atoms with Gasteiger partial charge < -0.3 is 4.90 Å². The summed E-state index contributed by atoms with van der Waals surface area (Å²) in [6, 6.07) is 17.1. The molecule has 4 rings (SSSR count). The molecule has 0 saturated heterocycles. The van der Waals surface area contributed by atoms with E-state index in [1.807, 2.05) is 29.2 Å². The maximum absolute atomic E-state index is 13.2. The lowest BCUT2D eigenvalue weighted by Crippen LogP contribution is -2.26. The molecule has 1 aliphatic rings. The first-order valence-corrected chi connectivity index (χ1v) is 12.1. The first-order chi connectivity index (χ1) is 15.2. The minimum atomic E-state index is -3.71. The van der Waals surface area contributed by atoms with Crippen LogP contribution in [0.5, 0.6) is 0 Å². The number of hydrogen-bond acceptors (Lipinski definition) is 3. The standard InChI is InChI=1S/C27H24ClNO2S/c1-6-22-25(7-2)32(30,31)26-11-9-8-10-24(26)29(22)23-13-12-20(16-21(23)28)27-18(4)14-17(3)15-19(27)5/h6-16H,1-2H2,3-5H3. The van der Waals surface area contributed by atoms with Crippen LogP contribution in [0.1, 0.15) is 16.7 Å². The molecule has 3 nitrogen and oxygen atoms in total. The Labute approximate surface area is 194 Å². The Morgan fingerprint density at radius 3 is 2.12 bits per heavy atom. The highest BCUT2D eigenvalue weighted by molar-refractivity contribution is 7.95. The minimum Gasteiger partial charge on any atom is -0.306 e. The van der Waals surface area contributed by atoms with Crippen molar-refractivity contribution in [3.8, 4) is 11.1 Å². The number of sulfone groups is 1. The fourth-order valence-corrected chi connectivity index (χ4v) is 6.37. The van der Waals surface area contributed by atoms with E-state index in [9.17, 15) is 8.42 Å². The van der Waals surface area contributed by atoms with Gasteiger partial charge in [0.15, 0.2) is 0 Å². The lowest BCUT2D eigenvalue weighted by molar-refractivity contribution is 0.601. The first kappa shape index (κ1) is 22.1. The highest BCUT2D eigenvalue weighted by atomic mass is 35.5. The van der Waals surface area contributed by atoms with E-state index in [0.29, 0.717) is 22.1 Å². The van der Waals surface area contributed by atoms with Crippen LogP contribution in [-0.2, 0) is 9.84 Å². The molecular weight excluding hydrogens is 438 g/mol. The van der Waals surface area contributed by atoms with Crippen molar-refractivity contribution in [2.45, 2.75) is 25.7 Å². The van der Waals surface area contributed by atoms with Crippen LogP contribution in [0.25, 0.3) is 11.1 Å². The molecule has 0 aliphatic carbocycles. The van der Waals surface area contributed by atoms with Gasteiger partial charge in [0.1, 0.15) is 0 Å². The summed E-state index contributed by atoms with van der Waals surface area (Å²) in [6.07, 6.45) is 2.89. The number of para-hydroxylation sites is 1. The molecule has 3 aromatic carbocycles. The SMILES string of the molecule is C=CC1=C(C=C)S(=O)(=O)c2ccccc2N1c1ccc(-c2c(C)cc(C)cc2C)cc1Cl. The number of fused-ring (bicyclic) bond motifs is 1. The van der Waals surface area contributed by atoms with Gasteiger partial charge in [-0.15, -0.1) is 0 Å². The number of halogens is 1. The van der Waals surface area contributed by atoms with Crippen molar-refractivity contribution in [2.75, 3.05) is 4.90 Å². The van der Waals surface area contributed by atoms with Crippen LogP contribution in [0, 0.1) is 20.8 Å². The zero-order chi connectivity index (χ0) is 23.2. The molecule has 0 unspecified atom stereocenters. The molecule has 0 aromatic heterocycles. The molecular formula is C27H24ClNO2S. The van der Waals surface area contributed by atoms with Crippen molar-refractivity contribution >= 4 is 32.8 Å². The maximum Gasteiger partial charge on any atom is 0.210 e. The number of allylic oxidation sites excluding steroid dienone is 2. The highest BCUT2D eigenvalue weighted by Gasteiger charge is 2.35. The lowest BCUT2D eigenvalue weighted by atomic mass is 9.93. The Kier molecular flexibility index (Phi) is 5.61. The topological polar surface area (TPSA) is 37.4 Å². The van der Waals surface area contributed by atoms with Crippen molar-refractivity contribution in [1.29, 1.82) is 0 Å². The van der Waals surface area contributed by atoms with Crippen molar-refractivity contribution in [3.05, 3.63) is 112 Å². The normalized spacial score (nSPS) is 14.8. The summed E-state index contributed by atoms with van der Waals surface area (Å²) < 4.78 is 26.3. The second-order valence-electron chi connectivity index (χ2n) is 7.90. The van der Waals surface area contributed by atoms with Crippen LogP contribution < -0.4 is 4.90 Å². The predicted octanol–water partition coefficient (Wildman–Crippen LogP) is 7.44. The van der Waals surface area contributed by atoms with Crippen molar-refractivity contribution in [3.63, 3.8) is 0 Å². The summed E-state index contributed by atoms with van der Waals surface area (Å²) in [7, 11) is -3.71. The zero-order valence-electron chi connectivity index (χ0n) is 18.3. The third kappa shape index (κ3) is 3.40. The van der Waals surface area contributed by atoms with Crippen LogP contribution in [0.2, 0.25) is 5.02 Å². The van der Waals surface area contributed by atoms with Crippen LogP contribution in [0.3, 0.4) is 0 Å². The van der Waals surface area contributed by atoms with E-state index in [2.05, 4.69) is 46.1 Å². The molecule has 1 heterocycles. The van der Waals surface area contributed by atoms with Gasteiger partial charge in [0.05, 0.1) is 31.9 Å². The number of rotatable bonds is 4. The van der Waals surface area contributed by atoms with Gasteiger partial charge in [-0.25, -0.2) is 8.42 Å². The van der Waals surface area contributed by atoms with Crippen LogP contribution in [-0.4, -0.2) is 8.42 Å². The fourth-order valence-electron chi connectivity index (χ4n) is 4.51. The monoisotopic (exact) mass is 461 g/mol. The van der Waals surface area contributed by atoms with E-state index in [1.165, 1.54) is 28.8 Å². The van der Waals surface area contributed by atoms with Gasteiger partial charge in [0.2, 0.25) is 9.84 Å². The second kappa shape index (κ2) is 8.12. The van der Waals surface area contributed by atoms with Gasteiger partial charge in [-0.1, -0.05) is 60.7 Å². The van der Waals surface area contributed by atoms with E-state index in [1.54, 1.807) is 18.2 Å². The van der Waals surface area contributed by atoms with Crippen LogP contribution in [0.4, 0.5) is 11.4 Å². The van der Waals surface area contributed by atoms with Gasteiger partial charge in [-0.2, -0.15) is 0 Å². The molecule has 0 amide bonds. The van der Waals surface area contributed by atoms with Gasteiger partial charge >= 0.3 is 0 Å². The third-order valence-electron chi connectivity index (χ3n) is 5.71. The molecule has 162 valence electrons. The number of aryl methyl sites for hydroxylation is 3. The highest BCUT2D eigenvalue weighted by Crippen LogP contribution is 2.46. The van der Waals surface area contributed by atoms with Gasteiger partial charge in [0.25, 0.3) is 0 Å². The van der Waals surface area contributed by atoms with Crippen molar-refractivity contribution < 1.29 is 8.42 Å². The van der Waals surface area contributed by atoms with Gasteiger partial charge in [-0.05, 0) is 79.4 Å². The third-order valence-corrected chi connectivity index (χ3v) is 7.89. The largest absolute Gasteiger partial charge is 0.306 e. The fraction of sp³-hybridized carbons (Fsp3) is 0.111. The smallest absolute Gasteiger partial charge is 0.210 e. The molecule has 0 atom stereocenters. The van der Waals surface area contributed by atoms with E-state index in [4.69, 9.17) is 11.6 Å². The molecule has 1 aliphatic heterocycles. The summed E-state index contributed by atoms with van der Waals surface area (Å²) in [5.74, 6) is 0. The average Bonchev–Trinajstić information content (AvgIpc) is 2.73. The van der Waals surface area contributed by atoms with Crippen LogP contribution >= 0.6 is 11.6 Å². The first-order valence-electron chi connectivity index (χ1n) is 10.2. The number of benzene rings is 3. The Morgan fingerprint density at radius 1 is 0.875 bits per heavy atom. The average molecular weight is 462 g/mol. The molecule has 0 bridgehead atoms. The van der Waals surface area contributed by atoms with E-state index >= 15 is 0 Å². The van der Waals surface area contributed by atoms with E-state index in [0.717, 1.165) is 11.1 Å².